The maximum absolute atomic E-state index is 14.2. The summed E-state index contributed by atoms with van der Waals surface area (Å²) in [6, 6.07) is 7.26. The number of pyridine rings is 1. The molecule has 3 amide bonds. The van der Waals surface area contributed by atoms with Crippen LogP contribution in [0.5, 0.6) is 0 Å². The molecular formula is C30H32F5N7O3. The first-order valence-corrected chi connectivity index (χ1v) is 14.8. The predicted molar refractivity (Wildman–Crippen MR) is 150 cm³/mol. The minimum atomic E-state index is -4.39. The first-order chi connectivity index (χ1) is 21.4. The van der Waals surface area contributed by atoms with Gasteiger partial charge in [0.05, 0.1) is 0 Å². The molecular weight excluding hydrogens is 601 g/mol. The molecule has 7 rings (SSSR count). The van der Waals surface area contributed by atoms with E-state index in [-0.39, 0.29) is 30.8 Å². The summed E-state index contributed by atoms with van der Waals surface area (Å²) in [6.07, 6.45) is -0.412. The monoisotopic (exact) mass is 633 g/mol. The van der Waals surface area contributed by atoms with Crippen LogP contribution in [0.4, 0.5) is 37.4 Å². The second-order valence-electron chi connectivity index (χ2n) is 12.0. The van der Waals surface area contributed by atoms with Gasteiger partial charge in [-0.05, 0) is 49.4 Å². The average Bonchev–Trinajstić information content (AvgIpc) is 3.78. The van der Waals surface area contributed by atoms with Crippen LogP contribution in [0.15, 0.2) is 36.5 Å². The number of benzene rings is 1. The van der Waals surface area contributed by atoms with Crippen LogP contribution in [-0.2, 0) is 28.7 Å². The molecule has 2 N–H and O–H groups in total. The zero-order valence-electron chi connectivity index (χ0n) is 24.5. The number of rotatable bonds is 2. The number of amides is 3. The number of alkyl halides is 3. The van der Waals surface area contributed by atoms with E-state index in [9.17, 15) is 31.5 Å². The molecule has 1 saturated carbocycles. The van der Waals surface area contributed by atoms with E-state index in [1.54, 1.807) is 18.1 Å². The highest BCUT2D eigenvalue weighted by molar-refractivity contribution is 5.89. The molecule has 1 aliphatic carbocycles. The molecule has 1 atom stereocenters. The molecule has 1 spiro atoms. The maximum Gasteiger partial charge on any atom is 0.416 e. The Balaban J connectivity index is 0.000000163. The summed E-state index contributed by atoms with van der Waals surface area (Å²) in [4.78, 5) is 30.5. The maximum atomic E-state index is 14.2. The second-order valence-corrected chi connectivity index (χ2v) is 12.0. The third kappa shape index (κ3) is 5.35. The van der Waals surface area contributed by atoms with E-state index in [4.69, 9.17) is 10.5 Å². The summed E-state index contributed by atoms with van der Waals surface area (Å²) in [6.45, 7) is 1.08. The second kappa shape index (κ2) is 11.2. The minimum Gasteiger partial charge on any atom is -0.437 e. The number of primary amides is 1. The number of halogens is 5. The zero-order valence-corrected chi connectivity index (χ0v) is 24.5. The highest BCUT2D eigenvalue weighted by atomic mass is 19.4. The van der Waals surface area contributed by atoms with Crippen LogP contribution in [0.3, 0.4) is 0 Å². The van der Waals surface area contributed by atoms with Crippen LogP contribution in [0.2, 0.25) is 0 Å². The number of carbonyl (C=O) groups excluding carboxylic acids is 2. The molecule has 0 unspecified atom stereocenters. The van der Waals surface area contributed by atoms with Gasteiger partial charge < -0.3 is 19.9 Å². The Morgan fingerprint density at radius 2 is 1.80 bits per heavy atom. The van der Waals surface area contributed by atoms with Crippen molar-refractivity contribution >= 4 is 17.9 Å². The van der Waals surface area contributed by atoms with Crippen molar-refractivity contribution < 1.29 is 36.3 Å². The van der Waals surface area contributed by atoms with Gasteiger partial charge in [-0.25, -0.2) is 23.4 Å². The predicted octanol–water partition coefficient (Wildman–Crippen LogP) is 5.31. The number of nitrogens with zero attached hydrogens (tertiary/aromatic N) is 6. The highest BCUT2D eigenvalue weighted by Gasteiger charge is 2.67. The van der Waals surface area contributed by atoms with Crippen LogP contribution >= 0.6 is 0 Å². The lowest BCUT2D eigenvalue weighted by atomic mass is 9.83. The van der Waals surface area contributed by atoms with Gasteiger partial charge in [0.25, 0.3) is 0 Å². The van der Waals surface area contributed by atoms with Crippen LogP contribution in [0, 0.1) is 11.6 Å². The van der Waals surface area contributed by atoms with Crippen LogP contribution in [0.25, 0.3) is 0 Å². The fraction of sp³-hybridized carbons (Fsp3) is 0.500. The Bertz CT molecular complexity index is 1620. The number of fused-ring (bicyclic) bond motifs is 3. The number of likely N-dealkylation sites (tertiary alicyclic amines) is 1. The van der Waals surface area contributed by atoms with Gasteiger partial charge in [-0.2, -0.15) is 13.2 Å². The SMILES string of the molecule is CN1C(=O)OC2(CCN(C(N)=O)CC2)c2cccnc21.Fc1cccc([C@@H]2CCCc3nnc(C4(C(F)(F)F)CC4)n3C2)c1F. The molecule has 0 bridgehead atoms. The van der Waals surface area contributed by atoms with E-state index in [0.717, 1.165) is 11.6 Å². The van der Waals surface area contributed by atoms with Crippen molar-refractivity contribution in [3.63, 3.8) is 0 Å². The topological polar surface area (TPSA) is 119 Å². The van der Waals surface area contributed by atoms with Crippen molar-refractivity contribution in [3.05, 3.63) is 70.9 Å². The molecule has 240 valence electrons. The summed E-state index contributed by atoms with van der Waals surface area (Å²) in [5, 5.41) is 7.78. The molecule has 10 nitrogen and oxygen atoms in total. The summed E-state index contributed by atoms with van der Waals surface area (Å²) >= 11 is 0. The Morgan fingerprint density at radius 3 is 2.47 bits per heavy atom. The number of hydrogen-bond donors (Lipinski definition) is 1. The average molecular weight is 634 g/mol. The molecule has 3 aromatic rings. The van der Waals surface area contributed by atoms with E-state index in [1.165, 1.54) is 21.6 Å². The normalized spacial score (nSPS) is 21.6. The van der Waals surface area contributed by atoms with Gasteiger partial charge in [0.15, 0.2) is 11.6 Å². The first-order valence-electron chi connectivity index (χ1n) is 14.8. The Kier molecular flexibility index (Phi) is 7.68. The van der Waals surface area contributed by atoms with Crippen molar-refractivity contribution in [1.29, 1.82) is 0 Å². The first kappa shape index (κ1) is 30.7. The van der Waals surface area contributed by atoms with Crippen molar-refractivity contribution in [3.8, 4) is 0 Å². The van der Waals surface area contributed by atoms with Crippen LogP contribution in [0.1, 0.15) is 67.2 Å². The molecule has 1 aromatic carbocycles. The number of nitrogens with two attached hydrogens (primary N) is 1. The number of aromatic nitrogens is 4. The molecule has 1 saturated heterocycles. The van der Waals surface area contributed by atoms with Gasteiger partial charge in [0.1, 0.15) is 28.5 Å². The number of ether oxygens (including phenoxy) is 1. The van der Waals surface area contributed by atoms with E-state index in [1.807, 2.05) is 12.1 Å². The quantitative estimate of drug-likeness (QED) is 0.382. The molecule has 5 heterocycles. The van der Waals surface area contributed by atoms with Crippen molar-refractivity contribution in [2.24, 2.45) is 5.73 Å². The van der Waals surface area contributed by atoms with Gasteiger partial charge >= 0.3 is 18.3 Å². The molecule has 15 heteroatoms. The third-order valence-electron chi connectivity index (χ3n) is 9.36. The summed E-state index contributed by atoms with van der Waals surface area (Å²) in [7, 11) is 1.64. The smallest absolute Gasteiger partial charge is 0.416 e. The lowest BCUT2D eigenvalue weighted by molar-refractivity contribution is -0.163. The van der Waals surface area contributed by atoms with E-state index in [2.05, 4.69) is 15.2 Å². The Hall–Kier alpha value is -4.30. The van der Waals surface area contributed by atoms with Gasteiger partial charge in [-0.3, -0.25) is 4.90 Å². The summed E-state index contributed by atoms with van der Waals surface area (Å²) in [5.41, 5.74) is 3.75. The molecule has 4 aliphatic rings. The number of piperidine rings is 1. The highest BCUT2D eigenvalue weighted by Crippen LogP contribution is 2.58. The summed E-state index contributed by atoms with van der Waals surface area (Å²) in [5.74, 6) is -1.25. The number of urea groups is 1. The van der Waals surface area contributed by atoms with Gasteiger partial charge in [-0.15, -0.1) is 10.2 Å². The molecule has 2 fully saturated rings. The van der Waals surface area contributed by atoms with Crippen LogP contribution in [-0.4, -0.2) is 63.1 Å². The largest absolute Gasteiger partial charge is 0.437 e. The molecule has 45 heavy (non-hydrogen) atoms. The fourth-order valence-electron chi connectivity index (χ4n) is 6.59. The minimum absolute atomic E-state index is 0.00632. The molecule has 0 radical (unpaired) electrons. The van der Waals surface area contributed by atoms with E-state index in [0.29, 0.717) is 56.8 Å². The van der Waals surface area contributed by atoms with Gasteiger partial charge in [0, 0.05) is 63.6 Å². The van der Waals surface area contributed by atoms with Crippen molar-refractivity contribution in [2.75, 3.05) is 25.0 Å². The number of hydrogen-bond acceptors (Lipinski definition) is 6. The zero-order chi connectivity index (χ0) is 32.1. The fourth-order valence-corrected chi connectivity index (χ4v) is 6.59. The Morgan fingerprint density at radius 1 is 1.07 bits per heavy atom. The van der Waals surface area contributed by atoms with Gasteiger partial charge in [0.2, 0.25) is 0 Å². The number of aryl methyl sites for hydroxylation is 1. The lowest BCUT2D eigenvalue weighted by Gasteiger charge is -2.45. The van der Waals surface area contributed by atoms with E-state index < -0.39 is 46.9 Å². The number of anilines is 1. The summed E-state index contributed by atoms with van der Waals surface area (Å²) < 4.78 is 75.3. The lowest BCUT2D eigenvalue weighted by Crippen LogP contribution is -2.52. The van der Waals surface area contributed by atoms with E-state index >= 15 is 0 Å². The Labute approximate surface area is 255 Å². The molecule has 3 aliphatic heterocycles. The van der Waals surface area contributed by atoms with Crippen molar-refractivity contribution in [2.45, 2.75) is 74.6 Å². The number of carbonyl (C=O) groups is 2. The van der Waals surface area contributed by atoms with Gasteiger partial charge in [-0.1, -0.05) is 12.1 Å². The third-order valence-corrected chi connectivity index (χ3v) is 9.36. The van der Waals surface area contributed by atoms with Crippen LogP contribution < -0.4 is 10.6 Å². The molecule has 2 aromatic heterocycles. The standard InChI is InChI=1S/C17H16F5N3.C13H16N4O3/c18-12-5-2-4-11(14(12)19)10-3-1-6-13-23-24-15(25(13)9-10)16(7-8-16)17(20,21)22;1-16-10-9(3-2-6-15-10)13(20-12(16)19)4-7-17(8-5-13)11(14)18/h2,4-5,10H,1,3,6-9H2;2-3,6H,4-5,7-8H2,1H3,(H2,14,18)/t10-;/m1./s1. The van der Waals surface area contributed by atoms with Crippen molar-refractivity contribution in [1.82, 2.24) is 24.6 Å².